The third kappa shape index (κ3) is 6.96. The molecular formula is C29H41FN4O4S. The van der Waals surface area contributed by atoms with Crippen molar-refractivity contribution in [2.24, 2.45) is 5.41 Å². The van der Waals surface area contributed by atoms with Crippen LogP contribution < -0.4 is 15.4 Å². The summed E-state index contributed by atoms with van der Waals surface area (Å²) >= 11 is 1.56. The lowest BCUT2D eigenvalue weighted by molar-refractivity contribution is -0.144. The minimum absolute atomic E-state index is 0.174. The largest absolute Gasteiger partial charge is 0.496 e. The van der Waals surface area contributed by atoms with Crippen LogP contribution in [0.25, 0.3) is 10.4 Å². The molecule has 1 aromatic carbocycles. The highest BCUT2D eigenvalue weighted by Crippen LogP contribution is 2.40. The lowest BCUT2D eigenvalue weighted by Crippen LogP contribution is -2.58. The van der Waals surface area contributed by atoms with Gasteiger partial charge in [-0.3, -0.25) is 14.4 Å². The Balaban J connectivity index is 0.00000205. The molecule has 3 amide bonds. The number of thiazole rings is 1. The zero-order chi connectivity index (χ0) is 29.0. The number of amides is 3. The van der Waals surface area contributed by atoms with Crippen molar-refractivity contribution in [2.45, 2.75) is 91.5 Å². The molecule has 2 atom stereocenters. The monoisotopic (exact) mass is 560 g/mol. The number of ether oxygens (including phenoxy) is 1. The van der Waals surface area contributed by atoms with Gasteiger partial charge in [0.25, 0.3) is 5.91 Å². The number of halogens is 1. The Morgan fingerprint density at radius 1 is 1.26 bits per heavy atom. The number of hydrogen-bond donors (Lipinski definition) is 2. The molecule has 1 saturated carbocycles. The van der Waals surface area contributed by atoms with Gasteiger partial charge in [0.1, 0.15) is 17.8 Å². The number of alkyl halides is 1. The van der Waals surface area contributed by atoms with Gasteiger partial charge in [-0.1, -0.05) is 46.8 Å². The van der Waals surface area contributed by atoms with E-state index < -0.39 is 29.1 Å². The molecule has 1 aromatic heterocycles. The molecule has 2 aromatic rings. The van der Waals surface area contributed by atoms with Crippen LogP contribution >= 0.6 is 11.3 Å². The predicted octanol–water partition coefficient (Wildman–Crippen LogP) is 4.79. The number of aryl methyl sites for hydroxylation is 1. The van der Waals surface area contributed by atoms with Crippen molar-refractivity contribution >= 4 is 29.1 Å². The summed E-state index contributed by atoms with van der Waals surface area (Å²) < 4.78 is 19.9. The van der Waals surface area contributed by atoms with E-state index in [9.17, 15) is 18.8 Å². The third-order valence-electron chi connectivity index (χ3n) is 7.07. The SMILES string of the molecule is CC.COc1cc(-c2scnc2C)ccc1CNC(=O)C1CCCN1C(=O)C(NC(=O)C1(F)CC1)C(C)(C)C. The highest BCUT2D eigenvalue weighted by Gasteiger charge is 2.53. The van der Waals surface area contributed by atoms with Crippen LogP contribution in [-0.4, -0.2) is 59.0 Å². The van der Waals surface area contributed by atoms with Gasteiger partial charge in [0.15, 0.2) is 5.67 Å². The number of benzene rings is 1. The van der Waals surface area contributed by atoms with Gasteiger partial charge in [0.2, 0.25) is 11.8 Å². The van der Waals surface area contributed by atoms with Crippen molar-refractivity contribution in [2.75, 3.05) is 13.7 Å². The highest BCUT2D eigenvalue weighted by atomic mass is 32.1. The summed E-state index contributed by atoms with van der Waals surface area (Å²) in [6, 6.07) is 4.25. The number of hydrogen-bond acceptors (Lipinski definition) is 6. The van der Waals surface area contributed by atoms with Gasteiger partial charge in [-0.05, 0) is 49.7 Å². The number of nitrogens with zero attached hydrogens (tertiary/aromatic N) is 2. The maximum atomic E-state index is 14.3. The molecule has 0 bridgehead atoms. The van der Waals surface area contributed by atoms with Crippen LogP contribution in [0.3, 0.4) is 0 Å². The number of carbonyl (C=O) groups excluding carboxylic acids is 3. The molecule has 1 aliphatic carbocycles. The Bertz CT molecular complexity index is 1190. The number of carbonyl (C=O) groups is 3. The summed E-state index contributed by atoms with van der Waals surface area (Å²) in [7, 11) is 1.59. The zero-order valence-corrected chi connectivity index (χ0v) is 24.8. The summed E-state index contributed by atoms with van der Waals surface area (Å²) in [6.45, 7) is 12.1. The first-order chi connectivity index (χ1) is 18.4. The summed E-state index contributed by atoms with van der Waals surface area (Å²) in [5, 5.41) is 5.58. The molecule has 0 radical (unpaired) electrons. The Labute approximate surface area is 234 Å². The highest BCUT2D eigenvalue weighted by molar-refractivity contribution is 7.13. The van der Waals surface area contributed by atoms with E-state index in [1.165, 1.54) is 4.90 Å². The van der Waals surface area contributed by atoms with Crippen LogP contribution in [0, 0.1) is 12.3 Å². The molecular weight excluding hydrogens is 519 g/mol. The van der Waals surface area contributed by atoms with Crippen LogP contribution in [0.1, 0.15) is 71.6 Å². The van der Waals surface area contributed by atoms with Crippen molar-refractivity contribution < 1.29 is 23.5 Å². The predicted molar refractivity (Wildman–Crippen MR) is 151 cm³/mol. The molecule has 4 rings (SSSR count). The summed E-state index contributed by atoms with van der Waals surface area (Å²) in [6.07, 6.45) is 1.55. The molecule has 8 nitrogen and oxygen atoms in total. The van der Waals surface area contributed by atoms with Crippen molar-refractivity contribution in [1.29, 1.82) is 0 Å². The normalized spacial score (nSPS) is 18.5. The van der Waals surface area contributed by atoms with E-state index >= 15 is 0 Å². The Morgan fingerprint density at radius 3 is 2.51 bits per heavy atom. The molecule has 2 aliphatic rings. The van der Waals surface area contributed by atoms with E-state index in [1.807, 2.05) is 59.7 Å². The number of rotatable bonds is 8. The average molecular weight is 561 g/mol. The third-order valence-corrected chi connectivity index (χ3v) is 8.05. The molecule has 2 unspecified atom stereocenters. The zero-order valence-electron chi connectivity index (χ0n) is 24.0. The molecule has 0 spiro atoms. The number of nitrogens with one attached hydrogen (secondary N) is 2. The average Bonchev–Trinajstić information content (AvgIpc) is 3.29. The van der Waals surface area contributed by atoms with E-state index in [0.29, 0.717) is 25.1 Å². The standard InChI is InChI=1S/C27H35FN4O4S.C2H6/c1-16-21(37-15-30-16)17-8-9-18(20(13-17)36-5)14-29-23(33)19-7-6-12-32(19)24(34)22(26(2,3)4)31-25(35)27(28)10-11-27;1-2/h8-9,13,15,19,22H,6-7,10-12,14H2,1-5H3,(H,29,33)(H,31,35);1-2H3. The van der Waals surface area contributed by atoms with Crippen LogP contribution in [-0.2, 0) is 20.9 Å². The molecule has 1 aliphatic heterocycles. The fourth-order valence-electron chi connectivity index (χ4n) is 4.63. The molecule has 1 saturated heterocycles. The van der Waals surface area contributed by atoms with Gasteiger partial charge in [0.05, 0.1) is 23.2 Å². The van der Waals surface area contributed by atoms with Gasteiger partial charge >= 0.3 is 0 Å². The van der Waals surface area contributed by atoms with E-state index in [0.717, 1.165) is 21.7 Å². The van der Waals surface area contributed by atoms with Crippen molar-refractivity contribution in [3.8, 4) is 16.2 Å². The topological polar surface area (TPSA) is 101 Å². The second-order valence-electron chi connectivity index (χ2n) is 10.9. The van der Waals surface area contributed by atoms with Crippen LogP contribution in [0.4, 0.5) is 4.39 Å². The molecule has 39 heavy (non-hydrogen) atoms. The summed E-state index contributed by atoms with van der Waals surface area (Å²) in [5.74, 6) is -0.714. The first kappa shape index (κ1) is 30.5. The van der Waals surface area contributed by atoms with Crippen LogP contribution in [0.15, 0.2) is 23.7 Å². The molecule has 2 fully saturated rings. The quantitative estimate of drug-likeness (QED) is 0.483. The smallest absolute Gasteiger partial charge is 0.258 e. The van der Waals surface area contributed by atoms with Gasteiger partial charge in [0, 0.05) is 18.7 Å². The Morgan fingerprint density at radius 2 is 1.95 bits per heavy atom. The first-order valence-corrected chi connectivity index (χ1v) is 14.5. The van der Waals surface area contributed by atoms with E-state index in [-0.39, 0.29) is 31.2 Å². The number of aromatic nitrogens is 1. The fraction of sp³-hybridized carbons (Fsp3) is 0.586. The Kier molecular flexibility index (Phi) is 9.74. The number of methoxy groups -OCH3 is 1. The van der Waals surface area contributed by atoms with E-state index in [2.05, 4.69) is 15.6 Å². The van der Waals surface area contributed by atoms with Gasteiger partial charge < -0.3 is 20.3 Å². The summed E-state index contributed by atoms with van der Waals surface area (Å²) in [4.78, 5) is 46.0. The molecule has 2 heterocycles. The molecule has 10 heteroatoms. The van der Waals surface area contributed by atoms with Crippen molar-refractivity contribution in [1.82, 2.24) is 20.5 Å². The lowest BCUT2D eigenvalue weighted by atomic mass is 9.85. The van der Waals surface area contributed by atoms with Gasteiger partial charge in [-0.25, -0.2) is 9.37 Å². The van der Waals surface area contributed by atoms with Crippen LogP contribution in [0.5, 0.6) is 5.75 Å². The van der Waals surface area contributed by atoms with Crippen LogP contribution in [0.2, 0.25) is 0 Å². The maximum absolute atomic E-state index is 14.3. The van der Waals surface area contributed by atoms with E-state index in [4.69, 9.17) is 4.74 Å². The second-order valence-corrected chi connectivity index (χ2v) is 11.8. The van der Waals surface area contributed by atoms with Gasteiger partial charge in [-0.2, -0.15) is 0 Å². The fourth-order valence-corrected chi connectivity index (χ4v) is 5.43. The van der Waals surface area contributed by atoms with Crippen molar-refractivity contribution in [3.63, 3.8) is 0 Å². The minimum atomic E-state index is -1.88. The molecule has 2 N–H and O–H groups in total. The maximum Gasteiger partial charge on any atom is 0.258 e. The number of likely N-dealkylation sites (tertiary alicyclic amines) is 1. The second kappa shape index (κ2) is 12.4. The summed E-state index contributed by atoms with van der Waals surface area (Å²) in [5.41, 5.74) is 2.04. The minimum Gasteiger partial charge on any atom is -0.496 e. The lowest BCUT2D eigenvalue weighted by Gasteiger charge is -2.35. The first-order valence-electron chi connectivity index (χ1n) is 13.6. The Hall–Kier alpha value is -3.01. The van der Waals surface area contributed by atoms with Gasteiger partial charge in [-0.15, -0.1) is 11.3 Å². The van der Waals surface area contributed by atoms with Crippen molar-refractivity contribution in [3.05, 3.63) is 35.0 Å². The van der Waals surface area contributed by atoms with E-state index in [1.54, 1.807) is 24.0 Å². The molecule has 214 valence electrons.